The highest BCUT2D eigenvalue weighted by Gasteiger charge is 2.15. The van der Waals surface area contributed by atoms with Crippen LogP contribution < -0.4 is 4.90 Å². The number of aromatic nitrogens is 2. The Morgan fingerprint density at radius 2 is 2.17 bits per heavy atom. The summed E-state index contributed by atoms with van der Waals surface area (Å²) in [5.41, 5.74) is 2.23. The monoisotopic (exact) mass is 249 g/mol. The second kappa shape index (κ2) is 6.14. The van der Waals surface area contributed by atoms with Crippen molar-refractivity contribution in [2.45, 2.75) is 45.6 Å². The minimum Gasteiger partial charge on any atom is -0.378 e. The first-order valence-corrected chi connectivity index (χ1v) is 6.79. The van der Waals surface area contributed by atoms with Crippen LogP contribution in [0, 0.1) is 13.8 Å². The Kier molecular flexibility index (Phi) is 4.53. The quantitative estimate of drug-likeness (QED) is 0.821. The lowest BCUT2D eigenvalue weighted by molar-refractivity contribution is 0.0126. The van der Waals surface area contributed by atoms with E-state index in [1.54, 1.807) is 6.33 Å². The summed E-state index contributed by atoms with van der Waals surface area (Å²) in [6.07, 6.45) is 6.89. The molecule has 4 heteroatoms. The normalized spacial score (nSPS) is 19.8. The van der Waals surface area contributed by atoms with E-state index in [1.807, 2.05) is 6.92 Å². The molecule has 1 aliphatic rings. The summed E-state index contributed by atoms with van der Waals surface area (Å²) in [5, 5.41) is 0. The largest absolute Gasteiger partial charge is 0.378 e. The van der Waals surface area contributed by atoms with Crippen LogP contribution in [0.3, 0.4) is 0 Å². The fourth-order valence-corrected chi connectivity index (χ4v) is 2.39. The van der Waals surface area contributed by atoms with Gasteiger partial charge < -0.3 is 9.64 Å². The van der Waals surface area contributed by atoms with Gasteiger partial charge in [0, 0.05) is 31.5 Å². The molecule has 1 aromatic rings. The van der Waals surface area contributed by atoms with Crippen molar-refractivity contribution in [3.8, 4) is 0 Å². The molecular formula is C14H23N3O. The van der Waals surface area contributed by atoms with Crippen LogP contribution in [0.5, 0.6) is 0 Å². The van der Waals surface area contributed by atoms with Gasteiger partial charge in [-0.25, -0.2) is 9.97 Å². The number of nitrogens with zero attached hydrogens (tertiary/aromatic N) is 3. The fourth-order valence-electron chi connectivity index (χ4n) is 2.39. The first kappa shape index (κ1) is 13.3. The van der Waals surface area contributed by atoms with E-state index < -0.39 is 0 Å². The van der Waals surface area contributed by atoms with Gasteiger partial charge in [0.2, 0.25) is 0 Å². The van der Waals surface area contributed by atoms with E-state index in [1.165, 1.54) is 24.8 Å². The highest BCUT2D eigenvalue weighted by atomic mass is 16.5. The second-order valence-corrected chi connectivity index (χ2v) is 5.11. The Hall–Kier alpha value is -1.16. The van der Waals surface area contributed by atoms with E-state index in [4.69, 9.17) is 4.74 Å². The summed E-state index contributed by atoms with van der Waals surface area (Å²) in [4.78, 5) is 10.8. The molecule has 2 rings (SSSR count). The molecule has 0 spiro atoms. The van der Waals surface area contributed by atoms with Crippen molar-refractivity contribution in [3.05, 3.63) is 17.6 Å². The molecule has 18 heavy (non-hydrogen) atoms. The van der Waals surface area contributed by atoms with E-state index in [0.29, 0.717) is 6.10 Å². The lowest BCUT2D eigenvalue weighted by atomic mass is 10.1. The number of anilines is 1. The van der Waals surface area contributed by atoms with Crippen LogP contribution in [0.2, 0.25) is 0 Å². The smallest absolute Gasteiger partial charge is 0.134 e. The zero-order valence-electron chi connectivity index (χ0n) is 11.6. The molecule has 0 N–H and O–H groups in total. The highest BCUT2D eigenvalue weighted by Crippen LogP contribution is 2.19. The van der Waals surface area contributed by atoms with Crippen LogP contribution in [0.25, 0.3) is 0 Å². The van der Waals surface area contributed by atoms with Gasteiger partial charge in [0.05, 0.1) is 6.10 Å². The number of hydrogen-bond acceptors (Lipinski definition) is 4. The van der Waals surface area contributed by atoms with Gasteiger partial charge in [0.15, 0.2) is 0 Å². The van der Waals surface area contributed by atoms with Crippen LogP contribution in [0.4, 0.5) is 5.82 Å². The third-order valence-electron chi connectivity index (χ3n) is 3.73. The van der Waals surface area contributed by atoms with Crippen LogP contribution in [-0.4, -0.2) is 36.3 Å². The molecule has 1 fully saturated rings. The van der Waals surface area contributed by atoms with Gasteiger partial charge in [0.1, 0.15) is 12.1 Å². The van der Waals surface area contributed by atoms with Gasteiger partial charge in [-0.05, 0) is 39.5 Å². The third kappa shape index (κ3) is 3.19. The number of rotatable bonds is 4. The van der Waals surface area contributed by atoms with Crippen molar-refractivity contribution in [2.75, 3.05) is 25.1 Å². The lowest BCUT2D eigenvalue weighted by Crippen LogP contribution is -2.27. The number of hydrogen-bond donors (Lipinski definition) is 0. The molecule has 100 valence electrons. The van der Waals surface area contributed by atoms with E-state index in [-0.39, 0.29) is 0 Å². The van der Waals surface area contributed by atoms with Crippen molar-refractivity contribution < 1.29 is 4.74 Å². The predicted molar refractivity (Wildman–Crippen MR) is 73.0 cm³/mol. The van der Waals surface area contributed by atoms with E-state index in [9.17, 15) is 0 Å². The molecule has 2 heterocycles. The summed E-state index contributed by atoms with van der Waals surface area (Å²) in [6.45, 7) is 6.03. The van der Waals surface area contributed by atoms with Gasteiger partial charge >= 0.3 is 0 Å². The number of aryl methyl sites for hydroxylation is 1. The van der Waals surface area contributed by atoms with Crippen molar-refractivity contribution in [1.29, 1.82) is 0 Å². The molecule has 0 aromatic carbocycles. The van der Waals surface area contributed by atoms with Crippen molar-refractivity contribution in [1.82, 2.24) is 9.97 Å². The standard InChI is InChI=1S/C14H23N3O/c1-11-12(2)15-10-16-14(11)17(3)8-7-13-6-4-5-9-18-13/h10,13H,4-9H2,1-3H3/t13-/m0/s1. The van der Waals surface area contributed by atoms with Crippen LogP contribution in [0.1, 0.15) is 36.9 Å². The van der Waals surface area contributed by atoms with Gasteiger partial charge in [0.25, 0.3) is 0 Å². The van der Waals surface area contributed by atoms with Gasteiger partial charge in [-0.2, -0.15) is 0 Å². The molecule has 4 nitrogen and oxygen atoms in total. The van der Waals surface area contributed by atoms with Crippen molar-refractivity contribution in [3.63, 3.8) is 0 Å². The first-order chi connectivity index (χ1) is 8.68. The third-order valence-corrected chi connectivity index (χ3v) is 3.73. The van der Waals surface area contributed by atoms with E-state index in [0.717, 1.165) is 31.1 Å². The molecule has 1 aromatic heterocycles. The Morgan fingerprint density at radius 1 is 1.33 bits per heavy atom. The maximum Gasteiger partial charge on any atom is 0.134 e. The maximum absolute atomic E-state index is 5.76. The van der Waals surface area contributed by atoms with Crippen molar-refractivity contribution in [2.24, 2.45) is 0 Å². The summed E-state index contributed by atoms with van der Waals surface area (Å²) in [7, 11) is 2.09. The summed E-state index contributed by atoms with van der Waals surface area (Å²) in [5.74, 6) is 1.04. The molecule has 0 bridgehead atoms. The molecule has 0 saturated carbocycles. The molecule has 1 aliphatic heterocycles. The molecule has 1 atom stereocenters. The minimum absolute atomic E-state index is 0.435. The van der Waals surface area contributed by atoms with E-state index >= 15 is 0 Å². The van der Waals surface area contributed by atoms with Gasteiger partial charge in [-0.15, -0.1) is 0 Å². The Morgan fingerprint density at radius 3 is 2.89 bits per heavy atom. The van der Waals surface area contributed by atoms with Crippen molar-refractivity contribution >= 4 is 5.82 Å². The average Bonchev–Trinajstić information content (AvgIpc) is 2.40. The van der Waals surface area contributed by atoms with E-state index in [2.05, 4.69) is 28.8 Å². The topological polar surface area (TPSA) is 38.2 Å². The summed E-state index contributed by atoms with van der Waals surface area (Å²) in [6, 6.07) is 0. The van der Waals surface area contributed by atoms with Crippen LogP contribution in [-0.2, 0) is 4.74 Å². The van der Waals surface area contributed by atoms with Gasteiger partial charge in [-0.3, -0.25) is 0 Å². The highest BCUT2D eigenvalue weighted by molar-refractivity contribution is 5.46. The molecular weight excluding hydrogens is 226 g/mol. The molecule has 0 radical (unpaired) electrons. The van der Waals surface area contributed by atoms with Crippen LogP contribution >= 0.6 is 0 Å². The fraction of sp³-hybridized carbons (Fsp3) is 0.714. The predicted octanol–water partition coefficient (Wildman–Crippen LogP) is 2.49. The zero-order valence-corrected chi connectivity index (χ0v) is 11.6. The Balaban J connectivity index is 1.90. The summed E-state index contributed by atoms with van der Waals surface area (Å²) < 4.78 is 5.76. The SMILES string of the molecule is Cc1ncnc(N(C)CC[C@@H]2CCCCO2)c1C. The average molecular weight is 249 g/mol. The molecule has 0 aliphatic carbocycles. The Labute approximate surface area is 109 Å². The second-order valence-electron chi connectivity index (χ2n) is 5.11. The molecule has 0 unspecified atom stereocenters. The molecule has 1 saturated heterocycles. The summed E-state index contributed by atoms with van der Waals surface area (Å²) >= 11 is 0. The molecule has 0 amide bonds. The van der Waals surface area contributed by atoms with Gasteiger partial charge in [-0.1, -0.05) is 0 Å². The number of ether oxygens (including phenoxy) is 1. The lowest BCUT2D eigenvalue weighted by Gasteiger charge is -2.26. The Bertz CT molecular complexity index is 389. The van der Waals surface area contributed by atoms with Crippen LogP contribution in [0.15, 0.2) is 6.33 Å². The zero-order chi connectivity index (χ0) is 13.0. The minimum atomic E-state index is 0.435. The maximum atomic E-state index is 5.76. The first-order valence-electron chi connectivity index (χ1n) is 6.79.